The first kappa shape index (κ1) is 17.5. The van der Waals surface area contributed by atoms with E-state index in [1.165, 1.54) is 64.2 Å². The van der Waals surface area contributed by atoms with Crippen molar-refractivity contribution in [1.29, 1.82) is 0 Å². The van der Waals surface area contributed by atoms with Gasteiger partial charge in [0.1, 0.15) is 5.78 Å². The number of hydrogen-bond acceptors (Lipinski definition) is 2. The molecule has 2 atom stereocenters. The molecule has 0 aromatic heterocycles. The molecule has 0 bridgehead atoms. The van der Waals surface area contributed by atoms with Gasteiger partial charge >= 0.3 is 0 Å². The molecule has 1 saturated heterocycles. The van der Waals surface area contributed by atoms with E-state index in [1.54, 1.807) is 0 Å². The van der Waals surface area contributed by atoms with Gasteiger partial charge in [-0.1, -0.05) is 46.0 Å². The Kier molecular flexibility index (Phi) is 6.18. The Morgan fingerprint density at radius 2 is 1.39 bits per heavy atom. The van der Waals surface area contributed by atoms with Crippen molar-refractivity contribution < 1.29 is 4.79 Å². The minimum atomic E-state index is 0.377. The van der Waals surface area contributed by atoms with E-state index in [-0.39, 0.29) is 0 Å². The van der Waals surface area contributed by atoms with Crippen LogP contribution in [0.15, 0.2) is 0 Å². The lowest BCUT2D eigenvalue weighted by Crippen LogP contribution is -2.43. The van der Waals surface area contributed by atoms with Gasteiger partial charge in [0.2, 0.25) is 0 Å². The summed E-state index contributed by atoms with van der Waals surface area (Å²) in [5.74, 6) is 4.37. The van der Waals surface area contributed by atoms with Crippen LogP contribution in [0.2, 0.25) is 0 Å². The Labute approximate surface area is 143 Å². The number of nitrogens with zero attached hydrogens (tertiary/aromatic N) is 1. The van der Waals surface area contributed by atoms with E-state index in [2.05, 4.69) is 18.7 Å². The number of hydrogen-bond donors (Lipinski definition) is 0. The Hall–Kier alpha value is -0.370. The standard InChI is InChI=1S/C21H37NO/c1-16-12-17(2)14-22(13-16)15-21(23)20-10-8-19(9-11-20)18-6-4-3-5-7-18/h16-20H,3-15H2,1-2H3. The third-order valence-electron chi connectivity index (χ3n) is 6.87. The maximum absolute atomic E-state index is 12.7. The molecule has 0 aromatic rings. The highest BCUT2D eigenvalue weighted by molar-refractivity contribution is 5.83. The van der Waals surface area contributed by atoms with E-state index in [9.17, 15) is 4.79 Å². The van der Waals surface area contributed by atoms with Crippen LogP contribution in [-0.4, -0.2) is 30.3 Å². The monoisotopic (exact) mass is 319 g/mol. The maximum Gasteiger partial charge on any atom is 0.149 e. The number of carbonyl (C=O) groups excluding carboxylic acids is 1. The van der Waals surface area contributed by atoms with Crippen molar-refractivity contribution in [3.05, 3.63) is 0 Å². The van der Waals surface area contributed by atoms with Gasteiger partial charge in [-0.05, 0) is 55.8 Å². The molecule has 2 aliphatic carbocycles. The number of Topliss-reactive ketones (excluding diaryl/α,β-unsaturated/α-hetero) is 1. The lowest BCUT2D eigenvalue weighted by molar-refractivity contribution is -0.126. The zero-order chi connectivity index (χ0) is 16.2. The molecule has 1 aliphatic heterocycles. The van der Waals surface area contributed by atoms with Crippen LogP contribution in [0.3, 0.4) is 0 Å². The molecule has 23 heavy (non-hydrogen) atoms. The molecule has 0 amide bonds. The molecule has 3 fully saturated rings. The van der Waals surface area contributed by atoms with Gasteiger partial charge < -0.3 is 0 Å². The van der Waals surface area contributed by atoms with E-state index in [1.807, 2.05) is 0 Å². The van der Waals surface area contributed by atoms with Crippen molar-refractivity contribution in [1.82, 2.24) is 4.90 Å². The zero-order valence-corrected chi connectivity index (χ0v) is 15.4. The average molecular weight is 320 g/mol. The van der Waals surface area contributed by atoms with Crippen molar-refractivity contribution >= 4 is 5.78 Å². The van der Waals surface area contributed by atoms with Gasteiger partial charge in [0.05, 0.1) is 6.54 Å². The molecule has 1 heterocycles. The lowest BCUT2D eigenvalue weighted by Gasteiger charge is -2.37. The third-order valence-corrected chi connectivity index (χ3v) is 6.87. The number of carbonyl (C=O) groups is 1. The van der Waals surface area contributed by atoms with Crippen LogP contribution in [0.5, 0.6) is 0 Å². The summed E-state index contributed by atoms with van der Waals surface area (Å²) in [6.07, 6.45) is 13.6. The van der Waals surface area contributed by atoms with E-state index in [0.29, 0.717) is 11.7 Å². The molecule has 3 aliphatic rings. The number of rotatable bonds is 4. The van der Waals surface area contributed by atoms with E-state index < -0.39 is 0 Å². The van der Waals surface area contributed by atoms with Crippen molar-refractivity contribution in [2.75, 3.05) is 19.6 Å². The van der Waals surface area contributed by atoms with Crippen LogP contribution >= 0.6 is 0 Å². The minimum Gasteiger partial charge on any atom is -0.298 e. The summed E-state index contributed by atoms with van der Waals surface area (Å²) in [7, 11) is 0. The zero-order valence-electron chi connectivity index (χ0n) is 15.4. The molecule has 0 aromatic carbocycles. The summed E-state index contributed by atoms with van der Waals surface area (Å²) in [6, 6.07) is 0. The van der Waals surface area contributed by atoms with Gasteiger partial charge in [0.25, 0.3) is 0 Å². The first-order valence-electron chi connectivity index (χ1n) is 10.4. The highest BCUT2D eigenvalue weighted by Crippen LogP contribution is 2.40. The van der Waals surface area contributed by atoms with Crippen LogP contribution in [0, 0.1) is 29.6 Å². The second kappa shape index (κ2) is 8.14. The lowest BCUT2D eigenvalue weighted by atomic mass is 9.70. The molecule has 2 nitrogen and oxygen atoms in total. The summed E-state index contributed by atoms with van der Waals surface area (Å²) < 4.78 is 0. The minimum absolute atomic E-state index is 0.377. The Bertz CT molecular complexity index is 369. The van der Waals surface area contributed by atoms with Crippen LogP contribution in [0.4, 0.5) is 0 Å². The number of likely N-dealkylation sites (tertiary alicyclic amines) is 1. The molecule has 0 radical (unpaired) electrons. The summed E-state index contributed by atoms with van der Waals surface area (Å²) in [5, 5.41) is 0. The maximum atomic E-state index is 12.7. The Morgan fingerprint density at radius 3 is 2.00 bits per heavy atom. The molecule has 3 rings (SSSR count). The highest BCUT2D eigenvalue weighted by atomic mass is 16.1. The first-order chi connectivity index (χ1) is 11.1. The summed E-state index contributed by atoms with van der Waals surface area (Å²) in [6.45, 7) is 7.67. The summed E-state index contributed by atoms with van der Waals surface area (Å²) in [5.41, 5.74) is 0. The van der Waals surface area contributed by atoms with Gasteiger partial charge in [-0.15, -0.1) is 0 Å². The van der Waals surface area contributed by atoms with Gasteiger partial charge in [-0.3, -0.25) is 9.69 Å². The van der Waals surface area contributed by atoms with Crippen molar-refractivity contribution in [2.45, 2.75) is 78.1 Å². The molecule has 0 N–H and O–H groups in total. The summed E-state index contributed by atoms with van der Waals surface area (Å²) >= 11 is 0. The quantitative estimate of drug-likeness (QED) is 0.733. The summed E-state index contributed by atoms with van der Waals surface area (Å²) in [4.78, 5) is 15.2. The SMILES string of the molecule is CC1CC(C)CN(CC(=O)C2CCC(C3CCCCC3)CC2)C1. The normalized spacial score (nSPS) is 37.7. The smallest absolute Gasteiger partial charge is 0.149 e. The molecular formula is C21H37NO. The van der Waals surface area contributed by atoms with Crippen LogP contribution < -0.4 is 0 Å². The van der Waals surface area contributed by atoms with Crippen molar-refractivity contribution in [2.24, 2.45) is 29.6 Å². The van der Waals surface area contributed by atoms with Gasteiger partial charge in [0, 0.05) is 19.0 Å². The van der Waals surface area contributed by atoms with E-state index >= 15 is 0 Å². The molecule has 2 unspecified atom stereocenters. The number of piperidine rings is 1. The van der Waals surface area contributed by atoms with Gasteiger partial charge in [-0.2, -0.15) is 0 Å². The Morgan fingerprint density at radius 1 is 0.826 bits per heavy atom. The van der Waals surface area contributed by atoms with Crippen molar-refractivity contribution in [3.8, 4) is 0 Å². The van der Waals surface area contributed by atoms with Crippen molar-refractivity contribution in [3.63, 3.8) is 0 Å². The predicted molar refractivity (Wildman–Crippen MR) is 96.4 cm³/mol. The average Bonchev–Trinajstić information content (AvgIpc) is 2.55. The molecule has 0 spiro atoms. The third kappa shape index (κ3) is 4.81. The second-order valence-electron chi connectivity index (χ2n) is 9.12. The molecule has 2 heteroatoms. The predicted octanol–water partition coefficient (Wildman–Crippen LogP) is 4.92. The first-order valence-corrected chi connectivity index (χ1v) is 10.4. The van der Waals surface area contributed by atoms with Crippen LogP contribution in [0.1, 0.15) is 78.1 Å². The highest BCUT2D eigenvalue weighted by Gasteiger charge is 2.32. The van der Waals surface area contributed by atoms with E-state index in [0.717, 1.165) is 43.3 Å². The van der Waals surface area contributed by atoms with Crippen LogP contribution in [0.25, 0.3) is 0 Å². The fourth-order valence-electron chi connectivity index (χ4n) is 5.79. The Balaban J connectivity index is 1.42. The number of ketones is 1. The largest absolute Gasteiger partial charge is 0.298 e. The second-order valence-corrected chi connectivity index (χ2v) is 9.12. The van der Waals surface area contributed by atoms with E-state index in [4.69, 9.17) is 0 Å². The molecular weight excluding hydrogens is 282 g/mol. The molecule has 132 valence electrons. The van der Waals surface area contributed by atoms with Gasteiger partial charge in [0.15, 0.2) is 0 Å². The fraction of sp³-hybridized carbons (Fsp3) is 0.952. The topological polar surface area (TPSA) is 20.3 Å². The van der Waals surface area contributed by atoms with Crippen LogP contribution in [-0.2, 0) is 4.79 Å². The fourth-order valence-corrected chi connectivity index (χ4v) is 5.79. The molecule has 2 saturated carbocycles. The van der Waals surface area contributed by atoms with Gasteiger partial charge in [-0.25, -0.2) is 0 Å².